The van der Waals surface area contributed by atoms with Crippen molar-refractivity contribution in [2.24, 2.45) is 5.84 Å². The summed E-state index contributed by atoms with van der Waals surface area (Å²) >= 11 is 0. The molecule has 2 aromatic rings. The third-order valence-corrected chi connectivity index (χ3v) is 3.80. The molecule has 8 heteroatoms. The summed E-state index contributed by atoms with van der Waals surface area (Å²) in [6.07, 6.45) is 4.11. The van der Waals surface area contributed by atoms with E-state index in [1.165, 1.54) is 24.7 Å². The first-order valence-electron chi connectivity index (χ1n) is 5.39. The van der Waals surface area contributed by atoms with Crippen molar-refractivity contribution in [2.45, 2.75) is 11.8 Å². The van der Waals surface area contributed by atoms with Crippen LogP contribution in [0.15, 0.2) is 41.7 Å². The second kappa shape index (κ2) is 5.21. The molecule has 0 fully saturated rings. The van der Waals surface area contributed by atoms with Crippen LogP contribution in [0.4, 0.5) is 11.4 Å². The van der Waals surface area contributed by atoms with Crippen molar-refractivity contribution in [3.8, 4) is 0 Å². The SMILES string of the molecule is Cc1ccc(NS(=O)(=O)c2cnccc2NN)cn1. The number of aryl methyl sites for hydroxylation is 1. The summed E-state index contributed by atoms with van der Waals surface area (Å²) in [5.41, 5.74) is 3.76. The lowest BCUT2D eigenvalue weighted by Crippen LogP contribution is -2.18. The van der Waals surface area contributed by atoms with Gasteiger partial charge in [0.05, 0.1) is 17.6 Å². The highest BCUT2D eigenvalue weighted by Crippen LogP contribution is 2.21. The topological polar surface area (TPSA) is 110 Å². The number of sulfonamides is 1. The van der Waals surface area contributed by atoms with Gasteiger partial charge in [-0.15, -0.1) is 0 Å². The monoisotopic (exact) mass is 279 g/mol. The van der Waals surface area contributed by atoms with Crippen LogP contribution in [-0.2, 0) is 10.0 Å². The van der Waals surface area contributed by atoms with E-state index in [0.717, 1.165) is 5.69 Å². The zero-order valence-corrected chi connectivity index (χ0v) is 11.0. The van der Waals surface area contributed by atoms with Gasteiger partial charge in [-0.25, -0.2) is 8.42 Å². The van der Waals surface area contributed by atoms with Crippen LogP contribution in [0.2, 0.25) is 0 Å². The van der Waals surface area contributed by atoms with E-state index in [2.05, 4.69) is 20.1 Å². The number of nitrogens with two attached hydrogens (primary N) is 1. The number of hydrazine groups is 1. The van der Waals surface area contributed by atoms with Crippen molar-refractivity contribution in [2.75, 3.05) is 10.1 Å². The number of aromatic nitrogens is 2. The van der Waals surface area contributed by atoms with Crippen LogP contribution in [0.3, 0.4) is 0 Å². The number of anilines is 2. The molecule has 2 aromatic heterocycles. The van der Waals surface area contributed by atoms with E-state index in [1.54, 1.807) is 12.1 Å². The second-order valence-corrected chi connectivity index (χ2v) is 5.46. The number of nitrogens with zero attached hydrogens (tertiary/aromatic N) is 2. The Morgan fingerprint density at radius 1 is 1.21 bits per heavy atom. The maximum absolute atomic E-state index is 12.2. The summed E-state index contributed by atoms with van der Waals surface area (Å²) in [6, 6.07) is 4.82. The number of nitrogen functional groups attached to an aromatic ring is 1. The lowest BCUT2D eigenvalue weighted by molar-refractivity contribution is 0.601. The summed E-state index contributed by atoms with van der Waals surface area (Å²) in [5, 5.41) is 0. The van der Waals surface area contributed by atoms with Gasteiger partial charge in [0.2, 0.25) is 0 Å². The van der Waals surface area contributed by atoms with E-state index in [1.807, 2.05) is 6.92 Å². The van der Waals surface area contributed by atoms with E-state index in [4.69, 9.17) is 5.84 Å². The number of rotatable bonds is 4. The summed E-state index contributed by atoms with van der Waals surface area (Å²) in [5.74, 6) is 5.28. The van der Waals surface area contributed by atoms with Gasteiger partial charge in [0.25, 0.3) is 10.0 Å². The molecule has 0 amide bonds. The number of pyridine rings is 2. The Morgan fingerprint density at radius 2 is 2.00 bits per heavy atom. The molecule has 4 N–H and O–H groups in total. The molecule has 0 spiro atoms. The molecule has 19 heavy (non-hydrogen) atoms. The first-order chi connectivity index (χ1) is 9.03. The van der Waals surface area contributed by atoms with Gasteiger partial charge < -0.3 is 5.43 Å². The minimum Gasteiger partial charge on any atom is -0.323 e. The quantitative estimate of drug-likeness (QED) is 0.566. The maximum Gasteiger partial charge on any atom is 0.265 e. The van der Waals surface area contributed by atoms with Crippen molar-refractivity contribution < 1.29 is 8.42 Å². The van der Waals surface area contributed by atoms with Crippen LogP contribution in [0.5, 0.6) is 0 Å². The van der Waals surface area contributed by atoms with E-state index >= 15 is 0 Å². The molecule has 0 saturated heterocycles. The molecule has 0 aliphatic rings. The number of hydrogen-bond acceptors (Lipinski definition) is 6. The molecule has 7 nitrogen and oxygen atoms in total. The smallest absolute Gasteiger partial charge is 0.265 e. The highest BCUT2D eigenvalue weighted by Gasteiger charge is 2.18. The summed E-state index contributed by atoms with van der Waals surface area (Å²) in [6.45, 7) is 1.82. The Labute approximate surface area is 110 Å². The van der Waals surface area contributed by atoms with E-state index in [9.17, 15) is 8.42 Å². The fourth-order valence-electron chi connectivity index (χ4n) is 1.45. The maximum atomic E-state index is 12.2. The minimum absolute atomic E-state index is 0.0296. The summed E-state index contributed by atoms with van der Waals surface area (Å²) < 4.78 is 26.8. The van der Waals surface area contributed by atoms with Crippen LogP contribution in [0.1, 0.15) is 5.69 Å². The summed E-state index contributed by atoms with van der Waals surface area (Å²) in [7, 11) is -3.76. The number of nitrogens with one attached hydrogen (secondary N) is 2. The zero-order chi connectivity index (χ0) is 13.9. The molecular formula is C11H13N5O2S. The molecular weight excluding hydrogens is 266 g/mol. The first-order valence-corrected chi connectivity index (χ1v) is 6.87. The molecule has 0 unspecified atom stereocenters. The van der Waals surface area contributed by atoms with E-state index in [0.29, 0.717) is 5.69 Å². The van der Waals surface area contributed by atoms with Gasteiger partial charge in [-0.1, -0.05) is 0 Å². The molecule has 0 aromatic carbocycles. The van der Waals surface area contributed by atoms with Crippen molar-refractivity contribution in [1.82, 2.24) is 9.97 Å². The zero-order valence-electron chi connectivity index (χ0n) is 10.2. The Kier molecular flexibility index (Phi) is 3.63. The fraction of sp³-hybridized carbons (Fsp3) is 0.0909. The Bertz CT molecular complexity index is 670. The predicted octanol–water partition coefficient (Wildman–Crippen LogP) is 0.871. The third-order valence-electron chi connectivity index (χ3n) is 2.39. The van der Waals surface area contributed by atoms with Crippen LogP contribution >= 0.6 is 0 Å². The lowest BCUT2D eigenvalue weighted by atomic mass is 10.4. The second-order valence-electron chi connectivity index (χ2n) is 3.81. The standard InChI is InChI=1S/C11H13N5O2S/c1-8-2-3-9(6-14-8)16-19(17,18)11-7-13-5-4-10(11)15-12/h2-7,16H,12H2,1H3,(H,13,15). The largest absolute Gasteiger partial charge is 0.323 e. The van der Waals surface area contributed by atoms with Crippen molar-refractivity contribution in [3.63, 3.8) is 0 Å². The van der Waals surface area contributed by atoms with Gasteiger partial charge in [0.1, 0.15) is 4.90 Å². The van der Waals surface area contributed by atoms with Crippen LogP contribution in [0.25, 0.3) is 0 Å². The van der Waals surface area contributed by atoms with Gasteiger partial charge in [0, 0.05) is 18.1 Å². The molecule has 0 bridgehead atoms. The first kappa shape index (κ1) is 13.2. The van der Waals surface area contributed by atoms with E-state index in [-0.39, 0.29) is 10.6 Å². The van der Waals surface area contributed by atoms with Crippen LogP contribution in [0, 0.1) is 6.92 Å². The Balaban J connectivity index is 2.35. The highest BCUT2D eigenvalue weighted by atomic mass is 32.2. The number of hydrogen-bond donors (Lipinski definition) is 3. The van der Waals surface area contributed by atoms with E-state index < -0.39 is 10.0 Å². The molecule has 2 rings (SSSR count). The van der Waals surface area contributed by atoms with Crippen molar-refractivity contribution in [1.29, 1.82) is 0 Å². The molecule has 0 radical (unpaired) electrons. The van der Waals surface area contributed by atoms with Gasteiger partial charge >= 0.3 is 0 Å². The Morgan fingerprint density at radius 3 is 2.63 bits per heavy atom. The van der Waals surface area contributed by atoms with Gasteiger partial charge in [-0.3, -0.25) is 20.5 Å². The lowest BCUT2D eigenvalue weighted by Gasteiger charge is -2.11. The average molecular weight is 279 g/mol. The predicted molar refractivity (Wildman–Crippen MR) is 71.8 cm³/mol. The third kappa shape index (κ3) is 2.98. The molecule has 2 heterocycles. The molecule has 0 atom stereocenters. The molecule has 100 valence electrons. The van der Waals surface area contributed by atoms with Crippen LogP contribution in [-0.4, -0.2) is 18.4 Å². The molecule has 0 saturated carbocycles. The van der Waals surface area contributed by atoms with Crippen molar-refractivity contribution in [3.05, 3.63) is 42.5 Å². The summed E-state index contributed by atoms with van der Waals surface area (Å²) in [4.78, 5) is 7.77. The average Bonchev–Trinajstić information content (AvgIpc) is 2.41. The van der Waals surface area contributed by atoms with Gasteiger partial charge in [-0.05, 0) is 25.1 Å². The van der Waals surface area contributed by atoms with Crippen LogP contribution < -0.4 is 16.0 Å². The normalized spacial score (nSPS) is 11.1. The fourth-order valence-corrected chi connectivity index (χ4v) is 2.61. The minimum atomic E-state index is -3.76. The highest BCUT2D eigenvalue weighted by molar-refractivity contribution is 7.92. The van der Waals surface area contributed by atoms with Gasteiger partial charge in [0.15, 0.2) is 0 Å². The van der Waals surface area contributed by atoms with Crippen molar-refractivity contribution >= 4 is 21.4 Å². The Hall–Kier alpha value is -2.19. The van der Waals surface area contributed by atoms with Gasteiger partial charge in [-0.2, -0.15) is 0 Å². The molecule has 0 aliphatic carbocycles. The molecule has 0 aliphatic heterocycles.